The second-order valence-electron chi connectivity index (χ2n) is 1.97. The summed E-state index contributed by atoms with van der Waals surface area (Å²) in [5, 5.41) is 10.8. The largest absolute Gasteiger partial charge is 0.411 e. The van der Waals surface area contributed by atoms with Gasteiger partial charge in [0.1, 0.15) is 0 Å². The Morgan fingerprint density at radius 3 is 3.00 bits per heavy atom. The van der Waals surface area contributed by atoms with Crippen LogP contribution in [-0.4, -0.2) is 24.1 Å². The lowest BCUT2D eigenvalue weighted by Gasteiger charge is -2.06. The standard InChI is InChI=1S/C7H13NO2/c1-3-4-7(2)10-6-5-8-9/h3,5,7,9H,1,4,6H2,2H3/b8-5-. The van der Waals surface area contributed by atoms with E-state index >= 15 is 0 Å². The highest BCUT2D eigenvalue weighted by Gasteiger charge is 1.95. The summed E-state index contributed by atoms with van der Waals surface area (Å²) in [4.78, 5) is 0. The molecule has 1 atom stereocenters. The molecule has 0 aromatic heterocycles. The third kappa shape index (κ3) is 5.31. The maximum Gasteiger partial charge on any atom is 0.0855 e. The highest BCUT2D eigenvalue weighted by atomic mass is 16.5. The zero-order valence-corrected chi connectivity index (χ0v) is 6.16. The summed E-state index contributed by atoms with van der Waals surface area (Å²) < 4.78 is 5.14. The molecule has 0 saturated heterocycles. The number of nitrogens with zero attached hydrogens (tertiary/aromatic N) is 1. The summed E-state index contributed by atoms with van der Waals surface area (Å²) in [6.07, 6.45) is 4.06. The van der Waals surface area contributed by atoms with Crippen molar-refractivity contribution in [3.63, 3.8) is 0 Å². The maximum absolute atomic E-state index is 7.98. The molecule has 0 aromatic rings. The highest BCUT2D eigenvalue weighted by molar-refractivity contribution is 5.57. The Morgan fingerprint density at radius 2 is 2.50 bits per heavy atom. The Kier molecular flexibility index (Phi) is 5.77. The van der Waals surface area contributed by atoms with Gasteiger partial charge in [0.05, 0.1) is 18.9 Å². The third-order valence-corrected chi connectivity index (χ3v) is 1.04. The van der Waals surface area contributed by atoms with E-state index in [9.17, 15) is 0 Å². The van der Waals surface area contributed by atoms with E-state index in [1.165, 1.54) is 6.21 Å². The van der Waals surface area contributed by atoms with Crippen LogP contribution < -0.4 is 0 Å². The Balaban J connectivity index is 3.20. The molecule has 0 bridgehead atoms. The molecule has 0 heterocycles. The topological polar surface area (TPSA) is 41.8 Å². The summed E-state index contributed by atoms with van der Waals surface area (Å²) in [5.74, 6) is 0. The van der Waals surface area contributed by atoms with Gasteiger partial charge in [-0.3, -0.25) is 0 Å². The zero-order valence-electron chi connectivity index (χ0n) is 6.16. The quantitative estimate of drug-likeness (QED) is 0.274. The van der Waals surface area contributed by atoms with Crippen LogP contribution in [0.25, 0.3) is 0 Å². The molecule has 0 aliphatic heterocycles. The van der Waals surface area contributed by atoms with Crippen LogP contribution in [0.1, 0.15) is 13.3 Å². The van der Waals surface area contributed by atoms with Gasteiger partial charge < -0.3 is 9.94 Å². The fraction of sp³-hybridized carbons (Fsp3) is 0.571. The summed E-state index contributed by atoms with van der Waals surface area (Å²) in [6.45, 7) is 5.86. The van der Waals surface area contributed by atoms with Gasteiger partial charge in [-0.2, -0.15) is 0 Å². The van der Waals surface area contributed by atoms with E-state index in [1.807, 2.05) is 6.92 Å². The summed E-state index contributed by atoms with van der Waals surface area (Å²) in [6, 6.07) is 0. The van der Waals surface area contributed by atoms with Crippen molar-refractivity contribution in [2.75, 3.05) is 6.61 Å². The minimum atomic E-state index is 0.149. The van der Waals surface area contributed by atoms with Crippen molar-refractivity contribution in [1.29, 1.82) is 0 Å². The zero-order chi connectivity index (χ0) is 7.82. The monoisotopic (exact) mass is 143 g/mol. The van der Waals surface area contributed by atoms with Gasteiger partial charge in [0.15, 0.2) is 0 Å². The SMILES string of the molecule is C=CCC(C)OC/C=N\O. The van der Waals surface area contributed by atoms with Crippen LogP contribution >= 0.6 is 0 Å². The molecule has 0 aromatic carbocycles. The first-order valence-electron chi connectivity index (χ1n) is 3.19. The van der Waals surface area contributed by atoms with Crippen molar-refractivity contribution in [2.45, 2.75) is 19.4 Å². The van der Waals surface area contributed by atoms with Gasteiger partial charge in [-0.25, -0.2) is 0 Å². The van der Waals surface area contributed by atoms with Crippen molar-refractivity contribution in [3.05, 3.63) is 12.7 Å². The third-order valence-electron chi connectivity index (χ3n) is 1.04. The molecule has 3 heteroatoms. The van der Waals surface area contributed by atoms with E-state index in [0.717, 1.165) is 6.42 Å². The lowest BCUT2D eigenvalue weighted by molar-refractivity contribution is 0.0991. The molecule has 0 spiro atoms. The van der Waals surface area contributed by atoms with E-state index in [-0.39, 0.29) is 6.10 Å². The fourth-order valence-corrected chi connectivity index (χ4v) is 0.543. The number of hydrogen-bond donors (Lipinski definition) is 1. The number of rotatable bonds is 5. The molecule has 10 heavy (non-hydrogen) atoms. The van der Waals surface area contributed by atoms with Crippen molar-refractivity contribution < 1.29 is 9.94 Å². The lowest BCUT2D eigenvalue weighted by atomic mass is 10.3. The first-order chi connectivity index (χ1) is 4.81. The minimum Gasteiger partial charge on any atom is -0.411 e. The molecule has 1 unspecified atom stereocenters. The predicted octanol–water partition coefficient (Wildman–Crippen LogP) is 1.43. The van der Waals surface area contributed by atoms with Crippen LogP contribution in [0.4, 0.5) is 0 Å². The molecule has 0 radical (unpaired) electrons. The van der Waals surface area contributed by atoms with Gasteiger partial charge in [0.25, 0.3) is 0 Å². The molecule has 0 rings (SSSR count). The first-order valence-corrected chi connectivity index (χ1v) is 3.19. The summed E-state index contributed by atoms with van der Waals surface area (Å²) >= 11 is 0. The fourth-order valence-electron chi connectivity index (χ4n) is 0.543. The second-order valence-corrected chi connectivity index (χ2v) is 1.97. The maximum atomic E-state index is 7.98. The molecule has 0 aliphatic rings. The number of oxime groups is 1. The normalized spacial score (nSPS) is 13.7. The lowest BCUT2D eigenvalue weighted by Crippen LogP contribution is -2.08. The number of ether oxygens (including phenoxy) is 1. The summed E-state index contributed by atoms with van der Waals surface area (Å²) in [5.41, 5.74) is 0. The van der Waals surface area contributed by atoms with Crippen molar-refractivity contribution in [1.82, 2.24) is 0 Å². The smallest absolute Gasteiger partial charge is 0.0855 e. The van der Waals surface area contributed by atoms with Crippen LogP contribution in [0, 0.1) is 0 Å². The molecule has 0 fully saturated rings. The van der Waals surface area contributed by atoms with Gasteiger partial charge >= 0.3 is 0 Å². The molecular weight excluding hydrogens is 130 g/mol. The Bertz CT molecular complexity index is 112. The van der Waals surface area contributed by atoms with Crippen LogP contribution in [0.3, 0.4) is 0 Å². The minimum absolute atomic E-state index is 0.149. The molecule has 58 valence electrons. The van der Waals surface area contributed by atoms with E-state index in [4.69, 9.17) is 9.94 Å². The van der Waals surface area contributed by atoms with Gasteiger partial charge in [-0.15, -0.1) is 6.58 Å². The van der Waals surface area contributed by atoms with E-state index in [0.29, 0.717) is 6.61 Å². The van der Waals surface area contributed by atoms with Gasteiger partial charge in [0.2, 0.25) is 0 Å². The number of hydrogen-bond acceptors (Lipinski definition) is 3. The van der Waals surface area contributed by atoms with Gasteiger partial charge in [0, 0.05) is 0 Å². The van der Waals surface area contributed by atoms with Gasteiger partial charge in [-0.05, 0) is 13.3 Å². The molecule has 0 saturated carbocycles. The van der Waals surface area contributed by atoms with Crippen LogP contribution in [-0.2, 0) is 4.74 Å². The Morgan fingerprint density at radius 1 is 1.80 bits per heavy atom. The second kappa shape index (κ2) is 6.29. The van der Waals surface area contributed by atoms with Crippen molar-refractivity contribution in [3.8, 4) is 0 Å². The van der Waals surface area contributed by atoms with E-state index < -0.39 is 0 Å². The highest BCUT2D eigenvalue weighted by Crippen LogP contribution is 1.95. The molecule has 0 aliphatic carbocycles. The average molecular weight is 143 g/mol. The molecule has 1 N–H and O–H groups in total. The summed E-state index contributed by atoms with van der Waals surface area (Å²) in [7, 11) is 0. The van der Waals surface area contributed by atoms with Crippen LogP contribution in [0.2, 0.25) is 0 Å². The van der Waals surface area contributed by atoms with E-state index in [1.54, 1.807) is 6.08 Å². The Labute approximate surface area is 61.0 Å². The van der Waals surface area contributed by atoms with Crippen molar-refractivity contribution >= 4 is 6.21 Å². The Hall–Kier alpha value is -0.830. The molecule has 0 amide bonds. The van der Waals surface area contributed by atoms with Crippen LogP contribution in [0.5, 0.6) is 0 Å². The first kappa shape index (κ1) is 9.17. The molecule has 3 nitrogen and oxygen atoms in total. The molecular formula is C7H13NO2. The predicted molar refractivity (Wildman–Crippen MR) is 40.5 cm³/mol. The van der Waals surface area contributed by atoms with Crippen molar-refractivity contribution in [2.24, 2.45) is 5.16 Å². The van der Waals surface area contributed by atoms with Crippen LogP contribution in [0.15, 0.2) is 17.8 Å². The van der Waals surface area contributed by atoms with Gasteiger partial charge in [-0.1, -0.05) is 11.2 Å². The van der Waals surface area contributed by atoms with E-state index in [2.05, 4.69) is 11.7 Å². The average Bonchev–Trinajstić information content (AvgIpc) is 1.89.